The topological polar surface area (TPSA) is 15.3 Å². The average molecular weight is 309 g/mol. The third-order valence-corrected chi connectivity index (χ3v) is 4.75. The molecule has 1 N–H and O–H groups in total. The minimum Gasteiger partial charge on any atom is -0.375 e. The molecule has 0 fully saturated rings. The van der Waals surface area contributed by atoms with E-state index in [4.69, 9.17) is 11.6 Å². The summed E-state index contributed by atoms with van der Waals surface area (Å²) in [5.74, 6) is 0. The fourth-order valence-electron chi connectivity index (χ4n) is 2.11. The van der Waals surface area contributed by atoms with Crippen molar-refractivity contribution in [2.75, 3.05) is 25.0 Å². The molecule has 0 amide bonds. The highest BCUT2D eigenvalue weighted by molar-refractivity contribution is 7.16. The summed E-state index contributed by atoms with van der Waals surface area (Å²) in [4.78, 5) is 3.58. The first-order valence-corrected chi connectivity index (χ1v) is 8.11. The van der Waals surface area contributed by atoms with Gasteiger partial charge >= 0.3 is 0 Å². The Morgan fingerprint density at radius 2 is 1.95 bits per heavy atom. The molecule has 0 aliphatic heterocycles. The summed E-state index contributed by atoms with van der Waals surface area (Å²) >= 11 is 7.61. The van der Waals surface area contributed by atoms with E-state index in [1.54, 1.807) is 11.3 Å². The second-order valence-electron chi connectivity index (χ2n) is 4.93. The van der Waals surface area contributed by atoms with Crippen LogP contribution in [-0.2, 0) is 0 Å². The molecule has 2 rings (SSSR count). The molecule has 0 bridgehead atoms. The van der Waals surface area contributed by atoms with Gasteiger partial charge < -0.3 is 10.2 Å². The van der Waals surface area contributed by atoms with E-state index in [0.717, 1.165) is 23.8 Å². The van der Waals surface area contributed by atoms with Crippen LogP contribution in [0.5, 0.6) is 0 Å². The molecule has 20 heavy (non-hydrogen) atoms. The molecule has 108 valence electrons. The molecular weight excluding hydrogens is 288 g/mol. The molecule has 1 aromatic carbocycles. The Labute approximate surface area is 130 Å². The molecule has 2 nitrogen and oxygen atoms in total. The van der Waals surface area contributed by atoms with Crippen LogP contribution >= 0.6 is 22.9 Å². The molecule has 0 saturated heterocycles. The first kappa shape index (κ1) is 15.4. The lowest BCUT2D eigenvalue weighted by molar-refractivity contribution is 0.565. The lowest BCUT2D eigenvalue weighted by Gasteiger charge is -2.20. The Morgan fingerprint density at radius 3 is 2.60 bits per heavy atom. The van der Waals surface area contributed by atoms with Crippen molar-refractivity contribution in [3.05, 3.63) is 51.7 Å². The number of benzene rings is 1. The van der Waals surface area contributed by atoms with Gasteiger partial charge in [-0.1, -0.05) is 29.8 Å². The van der Waals surface area contributed by atoms with Gasteiger partial charge in [-0.2, -0.15) is 0 Å². The summed E-state index contributed by atoms with van der Waals surface area (Å²) in [6, 6.07) is 14.9. The van der Waals surface area contributed by atoms with Crippen LogP contribution in [0.3, 0.4) is 0 Å². The Balaban J connectivity index is 1.69. The summed E-state index contributed by atoms with van der Waals surface area (Å²) in [5.41, 5.74) is 1.27. The van der Waals surface area contributed by atoms with Gasteiger partial charge in [-0.15, -0.1) is 11.3 Å². The van der Waals surface area contributed by atoms with Crippen LogP contribution in [0.4, 0.5) is 5.69 Å². The zero-order valence-corrected chi connectivity index (χ0v) is 13.5. The van der Waals surface area contributed by atoms with Crippen molar-refractivity contribution in [3.63, 3.8) is 0 Å². The largest absolute Gasteiger partial charge is 0.375 e. The van der Waals surface area contributed by atoms with E-state index in [0.29, 0.717) is 6.04 Å². The average Bonchev–Trinajstić information content (AvgIpc) is 2.91. The smallest absolute Gasteiger partial charge is 0.0931 e. The Kier molecular flexibility index (Phi) is 5.89. The predicted octanol–water partition coefficient (Wildman–Crippen LogP) is 4.58. The fourth-order valence-corrected chi connectivity index (χ4v) is 3.20. The van der Waals surface area contributed by atoms with E-state index in [-0.39, 0.29) is 0 Å². The van der Waals surface area contributed by atoms with Gasteiger partial charge in [0.2, 0.25) is 0 Å². The first-order chi connectivity index (χ1) is 9.66. The van der Waals surface area contributed by atoms with Gasteiger partial charge in [-0.3, -0.25) is 0 Å². The molecule has 0 radical (unpaired) electrons. The minimum absolute atomic E-state index is 0.370. The molecule has 1 aromatic heterocycles. The molecular formula is C16H21ClN2S. The van der Waals surface area contributed by atoms with Crippen LogP contribution in [0.25, 0.3) is 0 Å². The van der Waals surface area contributed by atoms with Crippen LogP contribution in [-0.4, -0.2) is 20.1 Å². The fraction of sp³-hybridized carbons (Fsp3) is 0.375. The zero-order chi connectivity index (χ0) is 14.4. The monoisotopic (exact) mass is 308 g/mol. The number of hydrogen-bond donors (Lipinski definition) is 1. The highest BCUT2D eigenvalue weighted by Crippen LogP contribution is 2.26. The Morgan fingerprint density at radius 1 is 1.20 bits per heavy atom. The van der Waals surface area contributed by atoms with Crippen LogP contribution in [0.15, 0.2) is 42.5 Å². The third-order valence-electron chi connectivity index (χ3n) is 3.34. The molecule has 0 saturated carbocycles. The van der Waals surface area contributed by atoms with Crippen LogP contribution in [0.1, 0.15) is 24.3 Å². The molecule has 0 aliphatic carbocycles. The van der Waals surface area contributed by atoms with Gasteiger partial charge in [0.05, 0.1) is 4.34 Å². The zero-order valence-electron chi connectivity index (χ0n) is 12.0. The maximum Gasteiger partial charge on any atom is 0.0931 e. The highest BCUT2D eigenvalue weighted by Gasteiger charge is 2.07. The summed E-state index contributed by atoms with van der Waals surface area (Å²) in [5, 5.41) is 3.54. The second-order valence-corrected chi connectivity index (χ2v) is 6.68. The normalized spacial score (nSPS) is 12.3. The molecule has 1 atom stereocenters. The van der Waals surface area contributed by atoms with E-state index < -0.39 is 0 Å². The molecule has 1 unspecified atom stereocenters. The summed E-state index contributed by atoms with van der Waals surface area (Å²) < 4.78 is 0.859. The number of para-hydroxylation sites is 1. The first-order valence-electron chi connectivity index (χ1n) is 6.91. The summed E-state index contributed by atoms with van der Waals surface area (Å²) in [6.45, 7) is 4.24. The van der Waals surface area contributed by atoms with E-state index in [1.807, 2.05) is 12.1 Å². The highest BCUT2D eigenvalue weighted by atomic mass is 35.5. The molecule has 0 spiro atoms. The molecule has 0 aliphatic rings. The van der Waals surface area contributed by atoms with Gasteiger partial charge in [-0.25, -0.2) is 0 Å². The lowest BCUT2D eigenvalue weighted by Crippen LogP contribution is -2.25. The number of hydrogen-bond acceptors (Lipinski definition) is 3. The SMILES string of the molecule is CC(NCCCN(C)c1ccccc1)c1ccc(Cl)s1. The van der Waals surface area contributed by atoms with Crippen LogP contribution in [0.2, 0.25) is 4.34 Å². The molecule has 2 aromatic rings. The minimum atomic E-state index is 0.370. The maximum absolute atomic E-state index is 5.96. The summed E-state index contributed by atoms with van der Waals surface area (Å²) in [6.07, 6.45) is 1.12. The number of rotatable bonds is 7. The number of halogens is 1. The Hall–Kier alpha value is -1.03. The van der Waals surface area contributed by atoms with E-state index in [2.05, 4.69) is 54.5 Å². The second kappa shape index (κ2) is 7.67. The van der Waals surface area contributed by atoms with E-state index >= 15 is 0 Å². The van der Waals surface area contributed by atoms with E-state index in [9.17, 15) is 0 Å². The van der Waals surface area contributed by atoms with Crippen molar-refractivity contribution in [2.45, 2.75) is 19.4 Å². The number of nitrogens with zero attached hydrogens (tertiary/aromatic N) is 1. The molecule has 4 heteroatoms. The van der Waals surface area contributed by atoms with Crippen molar-refractivity contribution >= 4 is 28.6 Å². The van der Waals surface area contributed by atoms with Crippen molar-refractivity contribution in [1.82, 2.24) is 5.32 Å². The van der Waals surface area contributed by atoms with E-state index in [1.165, 1.54) is 10.6 Å². The van der Waals surface area contributed by atoms with Gasteiger partial charge in [0.1, 0.15) is 0 Å². The van der Waals surface area contributed by atoms with Crippen LogP contribution in [0, 0.1) is 0 Å². The van der Waals surface area contributed by atoms with Crippen LogP contribution < -0.4 is 10.2 Å². The van der Waals surface area contributed by atoms with Gasteiger partial charge in [-0.05, 0) is 44.2 Å². The predicted molar refractivity (Wildman–Crippen MR) is 90.1 cm³/mol. The quantitative estimate of drug-likeness (QED) is 0.753. The van der Waals surface area contributed by atoms with Crippen molar-refractivity contribution in [3.8, 4) is 0 Å². The van der Waals surface area contributed by atoms with Gasteiger partial charge in [0.15, 0.2) is 0 Å². The maximum atomic E-state index is 5.96. The van der Waals surface area contributed by atoms with Crippen molar-refractivity contribution < 1.29 is 0 Å². The van der Waals surface area contributed by atoms with Gasteiger partial charge in [0.25, 0.3) is 0 Å². The standard InChI is InChI=1S/C16H21ClN2S/c1-13(15-9-10-16(17)20-15)18-11-6-12-19(2)14-7-4-3-5-8-14/h3-5,7-10,13,18H,6,11-12H2,1-2H3. The van der Waals surface area contributed by atoms with Gasteiger partial charge in [0, 0.05) is 30.2 Å². The third kappa shape index (κ3) is 4.51. The van der Waals surface area contributed by atoms with Crippen molar-refractivity contribution in [1.29, 1.82) is 0 Å². The lowest BCUT2D eigenvalue weighted by atomic mass is 10.2. The number of nitrogens with one attached hydrogen (secondary N) is 1. The number of anilines is 1. The van der Waals surface area contributed by atoms with Crippen molar-refractivity contribution in [2.24, 2.45) is 0 Å². The number of thiophene rings is 1. The molecule has 1 heterocycles. The summed E-state index contributed by atoms with van der Waals surface area (Å²) in [7, 11) is 2.14. The Bertz CT molecular complexity index is 512.